The third kappa shape index (κ3) is 6.63. The van der Waals surface area contributed by atoms with Crippen molar-refractivity contribution in [2.45, 2.75) is 109 Å². The first kappa shape index (κ1) is 38.2. The highest BCUT2D eigenvalue weighted by Crippen LogP contribution is 2.78. The van der Waals surface area contributed by atoms with E-state index in [1.807, 2.05) is 27.0 Å². The van der Waals surface area contributed by atoms with Crippen LogP contribution in [0.2, 0.25) is 0 Å². The van der Waals surface area contributed by atoms with Gasteiger partial charge in [0, 0.05) is 37.6 Å². The van der Waals surface area contributed by atoms with Crippen molar-refractivity contribution < 1.29 is 43.0 Å². The molecule has 0 aromatic heterocycles. The van der Waals surface area contributed by atoms with Crippen LogP contribution in [0.4, 0.5) is 0 Å². The molecule has 7 unspecified atom stereocenters. The predicted molar refractivity (Wildman–Crippen MR) is 190 cm³/mol. The van der Waals surface area contributed by atoms with E-state index >= 15 is 0 Å². The first-order valence-corrected chi connectivity index (χ1v) is 19.2. The van der Waals surface area contributed by atoms with Crippen LogP contribution in [-0.2, 0) is 37.9 Å². The molecule has 5 aliphatic carbocycles. The fourth-order valence-electron chi connectivity index (χ4n) is 10.5. The number of rotatable bonds is 19. The number of likely N-dealkylation sites (tertiary alicyclic amines) is 1. The number of methoxy groups -OCH3 is 1. The molecule has 10 nitrogen and oxygen atoms in total. The zero-order chi connectivity index (χ0) is 35.7. The molecule has 284 valence electrons. The number of ether oxygens (including phenoxy) is 8. The fourth-order valence-corrected chi connectivity index (χ4v) is 10.5. The Morgan fingerprint density at radius 1 is 0.900 bits per heavy atom. The summed E-state index contributed by atoms with van der Waals surface area (Å²) in [5.74, 6) is 1.29. The summed E-state index contributed by atoms with van der Waals surface area (Å²) in [6.07, 6.45) is 16.1. The Morgan fingerprint density at radius 2 is 1.60 bits per heavy atom. The highest BCUT2D eigenvalue weighted by Gasteiger charge is 2.83. The minimum atomic E-state index is -0.986. The van der Waals surface area contributed by atoms with Gasteiger partial charge in [0.05, 0.1) is 45.2 Å². The van der Waals surface area contributed by atoms with E-state index < -0.39 is 16.8 Å². The summed E-state index contributed by atoms with van der Waals surface area (Å²) >= 11 is 0. The van der Waals surface area contributed by atoms with Gasteiger partial charge < -0.3 is 43.0 Å². The first-order valence-electron chi connectivity index (χ1n) is 19.2. The zero-order valence-corrected chi connectivity index (χ0v) is 31.9. The van der Waals surface area contributed by atoms with Crippen LogP contribution < -0.4 is 0 Å². The maximum absolute atomic E-state index is 12.6. The fraction of sp³-hybridized carbons (Fsp3) is 0.850. The first-order chi connectivity index (χ1) is 23.9. The molecule has 7 atom stereocenters. The van der Waals surface area contributed by atoms with E-state index in [9.17, 15) is 5.11 Å². The zero-order valence-electron chi connectivity index (χ0n) is 31.9. The van der Waals surface area contributed by atoms with Gasteiger partial charge in [-0.3, -0.25) is 4.90 Å². The molecule has 0 aromatic carbocycles. The molecule has 2 aliphatic heterocycles. The third-order valence-electron chi connectivity index (χ3n) is 13.8. The third-order valence-corrected chi connectivity index (χ3v) is 13.8. The van der Waals surface area contributed by atoms with E-state index in [2.05, 4.69) is 44.7 Å². The van der Waals surface area contributed by atoms with Gasteiger partial charge in [-0.2, -0.15) is 0 Å². The average molecular weight is 704 g/mol. The van der Waals surface area contributed by atoms with E-state index in [1.165, 1.54) is 25.0 Å². The van der Waals surface area contributed by atoms with Gasteiger partial charge in [0.1, 0.15) is 17.5 Å². The molecule has 0 amide bonds. The van der Waals surface area contributed by atoms with Crippen LogP contribution in [0.15, 0.2) is 35.8 Å². The Balaban J connectivity index is 1.16. The Morgan fingerprint density at radius 3 is 2.26 bits per heavy atom. The van der Waals surface area contributed by atoms with E-state index in [0.717, 1.165) is 44.6 Å². The van der Waals surface area contributed by atoms with Gasteiger partial charge in [-0.05, 0) is 101 Å². The van der Waals surface area contributed by atoms with E-state index in [0.29, 0.717) is 58.0 Å². The van der Waals surface area contributed by atoms with Crippen molar-refractivity contribution in [3.63, 3.8) is 0 Å². The van der Waals surface area contributed by atoms with Crippen molar-refractivity contribution in [3.05, 3.63) is 35.8 Å². The van der Waals surface area contributed by atoms with Gasteiger partial charge in [-0.1, -0.05) is 32.9 Å². The lowest BCUT2D eigenvalue weighted by atomic mass is 9.30. The Hall–Kier alpha value is -1.50. The van der Waals surface area contributed by atoms with Gasteiger partial charge in [0.25, 0.3) is 0 Å². The number of fused-ring (bicyclic) bond motifs is 2. The molecule has 2 heterocycles. The maximum Gasteiger partial charge on any atom is 0.191 e. The van der Waals surface area contributed by atoms with Crippen LogP contribution in [0.25, 0.3) is 0 Å². The van der Waals surface area contributed by atoms with Crippen molar-refractivity contribution in [1.29, 1.82) is 0 Å². The molecule has 1 saturated heterocycles. The van der Waals surface area contributed by atoms with Gasteiger partial charge in [0.2, 0.25) is 0 Å². The maximum atomic E-state index is 12.6. The molecule has 5 fully saturated rings. The topological polar surface area (TPSA) is 97.3 Å². The molecule has 7 aliphatic rings. The van der Waals surface area contributed by atoms with Crippen LogP contribution in [-0.4, -0.2) is 113 Å². The van der Waals surface area contributed by atoms with Crippen molar-refractivity contribution in [2.24, 2.45) is 28.1 Å². The molecule has 0 radical (unpaired) electrons. The van der Waals surface area contributed by atoms with Crippen molar-refractivity contribution in [3.8, 4) is 0 Å². The van der Waals surface area contributed by atoms with Gasteiger partial charge in [0.15, 0.2) is 19.3 Å². The minimum absolute atomic E-state index is 0.0213. The van der Waals surface area contributed by atoms with Crippen LogP contribution in [0, 0.1) is 28.1 Å². The highest BCUT2D eigenvalue weighted by atomic mass is 16.7. The molecule has 4 saturated carbocycles. The second-order valence-electron chi connectivity index (χ2n) is 16.9. The van der Waals surface area contributed by atoms with Gasteiger partial charge in [-0.15, -0.1) is 0 Å². The smallest absolute Gasteiger partial charge is 0.191 e. The van der Waals surface area contributed by atoms with Crippen LogP contribution in [0.5, 0.6) is 0 Å². The van der Waals surface area contributed by atoms with E-state index in [1.54, 1.807) is 6.26 Å². The number of piperidine rings is 1. The lowest BCUT2D eigenvalue weighted by Gasteiger charge is -2.79. The normalized spacial score (nSPS) is 36.1. The lowest BCUT2D eigenvalue weighted by molar-refractivity contribution is -0.373. The number of hydrogen-bond acceptors (Lipinski definition) is 10. The molecule has 7 rings (SSSR count). The predicted octanol–water partition coefficient (Wildman–Crippen LogP) is 5.99. The average Bonchev–Trinajstić information content (AvgIpc) is 3.90. The summed E-state index contributed by atoms with van der Waals surface area (Å²) in [6, 6.07) is 0.387. The summed E-state index contributed by atoms with van der Waals surface area (Å²) in [4.78, 5) is 2.82. The molecule has 0 aromatic rings. The highest BCUT2D eigenvalue weighted by molar-refractivity contribution is 5.44. The molecular weight excluding hydrogens is 638 g/mol. The van der Waals surface area contributed by atoms with Crippen LogP contribution >= 0.6 is 0 Å². The van der Waals surface area contributed by atoms with E-state index in [4.69, 9.17) is 37.9 Å². The SMILES string of the molecule is CCOCCOCCOCCOCOCOC1=COC2(C)C3(OC)CCC4(CC3C(C)(O)C(C)(C)C)C3CC(=CC42CCN3CC2CC2)C=C1. The summed E-state index contributed by atoms with van der Waals surface area (Å²) in [5.41, 5.74) is -1.76. The Kier molecular flexibility index (Phi) is 11.5. The Labute approximate surface area is 300 Å². The van der Waals surface area contributed by atoms with Crippen LogP contribution in [0.3, 0.4) is 0 Å². The summed E-state index contributed by atoms with van der Waals surface area (Å²) in [6.45, 7) is 18.9. The minimum Gasteiger partial charge on any atom is -0.487 e. The number of allylic oxidation sites excluding steroid dienone is 2. The number of hydrogen-bond donors (Lipinski definition) is 1. The second-order valence-corrected chi connectivity index (χ2v) is 16.9. The molecular formula is C40H65NO9. The number of nitrogens with zero attached hydrogens (tertiary/aromatic N) is 1. The summed E-state index contributed by atoms with van der Waals surface area (Å²) < 4.78 is 47.7. The lowest BCUT2D eigenvalue weighted by Crippen LogP contribution is -2.85. The van der Waals surface area contributed by atoms with Crippen molar-refractivity contribution in [1.82, 2.24) is 4.90 Å². The van der Waals surface area contributed by atoms with E-state index in [-0.39, 0.29) is 35.7 Å². The summed E-state index contributed by atoms with van der Waals surface area (Å²) in [5, 5.41) is 12.6. The van der Waals surface area contributed by atoms with Crippen molar-refractivity contribution in [2.75, 3.05) is 80.0 Å². The standard InChI is InChI=1S/C40H65NO9/c1-8-44-17-18-45-19-20-46-21-22-47-28-48-29-49-32-12-11-31-23-34-38-13-14-40(43-7,33(25-38)36(5,42)35(2,3)4)37(6,50-27-32)39(38,24-31)15-16-41(34)26-30-9-10-30/h11-12,24,27,30,33-34,42H,8-10,13-23,25-26,28-29H2,1-7H3. The molecule has 1 N–H and O–H groups in total. The Bertz CT molecular complexity index is 1260. The molecule has 5 bridgehead atoms. The van der Waals surface area contributed by atoms with Gasteiger partial charge >= 0.3 is 0 Å². The van der Waals surface area contributed by atoms with Crippen LogP contribution in [0.1, 0.15) is 86.5 Å². The molecule has 2 spiro atoms. The largest absolute Gasteiger partial charge is 0.487 e. The van der Waals surface area contributed by atoms with Gasteiger partial charge in [-0.25, -0.2) is 0 Å². The molecule has 50 heavy (non-hydrogen) atoms. The number of aliphatic hydroxyl groups is 1. The van der Waals surface area contributed by atoms with Crippen molar-refractivity contribution >= 4 is 0 Å². The second kappa shape index (κ2) is 15.1. The molecule has 10 heteroatoms. The summed E-state index contributed by atoms with van der Waals surface area (Å²) in [7, 11) is 1.84. The quantitative estimate of drug-likeness (QED) is 0.128. The monoisotopic (exact) mass is 703 g/mol.